The van der Waals surface area contributed by atoms with Crippen LogP contribution in [0.1, 0.15) is 18.7 Å². The van der Waals surface area contributed by atoms with Gasteiger partial charge in [-0.2, -0.15) is 0 Å². The summed E-state index contributed by atoms with van der Waals surface area (Å²) in [7, 11) is -3.77. The Balaban J connectivity index is 2.30. The minimum atomic E-state index is -3.77. The lowest BCUT2D eigenvalue weighted by molar-refractivity contribution is 0.459. The molecule has 0 amide bonds. The molecule has 0 spiro atoms. The quantitative estimate of drug-likeness (QED) is 0.845. The van der Waals surface area contributed by atoms with E-state index in [-0.39, 0.29) is 10.0 Å². The van der Waals surface area contributed by atoms with E-state index in [0.717, 1.165) is 0 Å². The topological polar surface area (TPSA) is 72.2 Å². The van der Waals surface area contributed by atoms with Crippen LogP contribution in [-0.2, 0) is 10.0 Å². The molecule has 0 radical (unpaired) electrons. The lowest BCUT2D eigenvalue weighted by atomic mass is 10.3. The second-order valence-electron chi connectivity index (χ2n) is 3.80. The summed E-state index contributed by atoms with van der Waals surface area (Å²) >= 11 is 8.98. The molecule has 0 aromatic carbocycles. The van der Waals surface area contributed by atoms with Crippen LogP contribution in [0.25, 0.3) is 0 Å². The number of nitrogens with zero attached hydrogens (tertiary/aromatic N) is 1. The van der Waals surface area contributed by atoms with Gasteiger partial charge in [-0.1, -0.05) is 11.6 Å². The van der Waals surface area contributed by atoms with Gasteiger partial charge in [0.2, 0.25) is 10.0 Å². The Hall–Kier alpha value is -0.890. The average Bonchev–Trinajstić information content (AvgIpc) is 2.85. The van der Waals surface area contributed by atoms with Gasteiger partial charge in [-0.3, -0.25) is 0 Å². The predicted octanol–water partition coefficient (Wildman–Crippen LogP) is 3.13. The lowest BCUT2D eigenvalue weighted by Gasteiger charge is -2.12. The molecule has 8 heteroatoms. The maximum atomic E-state index is 12.2. The average molecular weight is 366 g/mol. The highest BCUT2D eigenvalue weighted by atomic mass is 79.9. The monoisotopic (exact) mass is 364 g/mol. The maximum Gasteiger partial charge on any atom is 0.244 e. The molecule has 0 bridgehead atoms. The zero-order chi connectivity index (χ0) is 14.0. The standard InChI is InChI=1S/C11H10BrClN2O3S/c1-7(9-3-2-4-18-9)15-19(16,17)10-5-8(12)6-14-11(10)13/h2-7,15H,1H3. The number of sulfonamides is 1. The molecular formula is C11H10BrClN2O3S. The molecule has 0 aliphatic heterocycles. The third-order valence-electron chi connectivity index (χ3n) is 2.36. The van der Waals surface area contributed by atoms with Gasteiger partial charge < -0.3 is 4.42 Å². The summed E-state index contributed by atoms with van der Waals surface area (Å²) in [6.45, 7) is 1.68. The molecule has 1 atom stereocenters. The highest BCUT2D eigenvalue weighted by Gasteiger charge is 2.23. The van der Waals surface area contributed by atoms with E-state index in [4.69, 9.17) is 16.0 Å². The van der Waals surface area contributed by atoms with E-state index >= 15 is 0 Å². The molecule has 2 aromatic heterocycles. The first-order chi connectivity index (χ1) is 8.90. The number of hydrogen-bond donors (Lipinski definition) is 1. The van der Waals surface area contributed by atoms with Gasteiger partial charge in [-0.25, -0.2) is 18.1 Å². The molecule has 2 rings (SSSR count). The molecule has 0 fully saturated rings. The van der Waals surface area contributed by atoms with Crippen molar-refractivity contribution in [1.82, 2.24) is 9.71 Å². The van der Waals surface area contributed by atoms with E-state index in [0.29, 0.717) is 10.2 Å². The summed E-state index contributed by atoms with van der Waals surface area (Å²) in [6.07, 6.45) is 2.91. The molecule has 102 valence electrons. The van der Waals surface area contributed by atoms with Crippen LogP contribution in [-0.4, -0.2) is 13.4 Å². The molecule has 1 unspecified atom stereocenters. The van der Waals surface area contributed by atoms with Gasteiger partial charge in [0.05, 0.1) is 12.3 Å². The van der Waals surface area contributed by atoms with E-state index in [9.17, 15) is 8.42 Å². The fraction of sp³-hybridized carbons (Fsp3) is 0.182. The zero-order valence-electron chi connectivity index (χ0n) is 9.80. The number of furan rings is 1. The first-order valence-corrected chi connectivity index (χ1v) is 7.92. The zero-order valence-corrected chi connectivity index (χ0v) is 13.0. The molecule has 0 aliphatic rings. The summed E-state index contributed by atoms with van der Waals surface area (Å²) in [5.74, 6) is 0.516. The molecule has 0 saturated heterocycles. The minimum Gasteiger partial charge on any atom is -0.468 e. The Bertz CT molecular complexity index is 673. The first-order valence-electron chi connectivity index (χ1n) is 5.27. The van der Waals surface area contributed by atoms with Gasteiger partial charge in [0, 0.05) is 10.7 Å². The third-order valence-corrected chi connectivity index (χ3v) is 4.77. The number of nitrogens with one attached hydrogen (secondary N) is 1. The van der Waals surface area contributed by atoms with Crippen LogP contribution in [0.5, 0.6) is 0 Å². The number of rotatable bonds is 4. The second-order valence-corrected chi connectivity index (χ2v) is 6.76. The summed E-state index contributed by atoms with van der Waals surface area (Å²) in [4.78, 5) is 3.71. The predicted molar refractivity (Wildman–Crippen MR) is 74.4 cm³/mol. The van der Waals surface area contributed by atoms with E-state index in [2.05, 4.69) is 25.6 Å². The second kappa shape index (κ2) is 5.62. The van der Waals surface area contributed by atoms with Crippen molar-refractivity contribution in [1.29, 1.82) is 0 Å². The van der Waals surface area contributed by atoms with Crippen LogP contribution < -0.4 is 4.72 Å². The number of pyridine rings is 1. The summed E-state index contributed by atoms with van der Waals surface area (Å²) < 4.78 is 32.6. The molecule has 2 aromatic rings. The third kappa shape index (κ3) is 3.36. The van der Waals surface area contributed by atoms with Crippen LogP contribution >= 0.6 is 27.5 Å². The van der Waals surface area contributed by atoms with E-state index in [1.165, 1.54) is 18.5 Å². The fourth-order valence-corrected chi connectivity index (χ4v) is 3.64. The molecule has 19 heavy (non-hydrogen) atoms. The highest BCUT2D eigenvalue weighted by Crippen LogP contribution is 2.24. The van der Waals surface area contributed by atoms with Crippen molar-refractivity contribution < 1.29 is 12.8 Å². The highest BCUT2D eigenvalue weighted by molar-refractivity contribution is 9.10. The smallest absolute Gasteiger partial charge is 0.244 e. The van der Waals surface area contributed by atoms with E-state index in [1.54, 1.807) is 19.1 Å². The molecule has 2 heterocycles. The van der Waals surface area contributed by atoms with Crippen LogP contribution in [0, 0.1) is 0 Å². The number of halogens is 2. The molecule has 0 saturated carbocycles. The van der Waals surface area contributed by atoms with E-state index in [1.807, 2.05) is 0 Å². The first kappa shape index (κ1) is 14.5. The van der Waals surface area contributed by atoms with Crippen molar-refractivity contribution in [3.05, 3.63) is 46.0 Å². The normalized spacial score (nSPS) is 13.4. The van der Waals surface area contributed by atoms with Crippen molar-refractivity contribution >= 4 is 37.6 Å². The van der Waals surface area contributed by atoms with Crippen LogP contribution in [0.15, 0.2) is 44.4 Å². The van der Waals surface area contributed by atoms with Gasteiger partial charge in [0.1, 0.15) is 15.8 Å². The van der Waals surface area contributed by atoms with Gasteiger partial charge in [-0.05, 0) is 41.1 Å². The summed E-state index contributed by atoms with van der Waals surface area (Å²) in [5.41, 5.74) is 0. The Labute approximate surface area is 124 Å². The van der Waals surface area contributed by atoms with E-state index < -0.39 is 16.1 Å². The molecule has 0 aliphatic carbocycles. The van der Waals surface area contributed by atoms with Crippen molar-refractivity contribution in [3.63, 3.8) is 0 Å². The summed E-state index contributed by atoms with van der Waals surface area (Å²) in [5, 5.41) is -0.0812. The van der Waals surface area contributed by atoms with Crippen LogP contribution in [0.3, 0.4) is 0 Å². The number of aromatic nitrogens is 1. The summed E-state index contributed by atoms with van der Waals surface area (Å²) in [6, 6.07) is 4.27. The van der Waals surface area contributed by atoms with Gasteiger partial charge in [0.25, 0.3) is 0 Å². The van der Waals surface area contributed by atoms with Crippen molar-refractivity contribution in [2.45, 2.75) is 17.9 Å². The Morgan fingerprint density at radius 2 is 2.26 bits per heavy atom. The van der Waals surface area contributed by atoms with Crippen LogP contribution in [0.4, 0.5) is 0 Å². The van der Waals surface area contributed by atoms with Crippen molar-refractivity contribution in [3.8, 4) is 0 Å². The minimum absolute atomic E-state index is 0.0812. The Morgan fingerprint density at radius 3 is 2.89 bits per heavy atom. The molecule has 5 nitrogen and oxygen atoms in total. The number of hydrogen-bond acceptors (Lipinski definition) is 4. The van der Waals surface area contributed by atoms with Gasteiger partial charge >= 0.3 is 0 Å². The lowest BCUT2D eigenvalue weighted by Crippen LogP contribution is -2.27. The Kier molecular flexibility index (Phi) is 4.29. The fourth-order valence-electron chi connectivity index (χ4n) is 1.48. The van der Waals surface area contributed by atoms with Crippen LogP contribution in [0.2, 0.25) is 5.15 Å². The van der Waals surface area contributed by atoms with Crippen molar-refractivity contribution in [2.24, 2.45) is 0 Å². The largest absolute Gasteiger partial charge is 0.468 e. The van der Waals surface area contributed by atoms with Crippen molar-refractivity contribution in [2.75, 3.05) is 0 Å². The molecular weight excluding hydrogens is 356 g/mol. The Morgan fingerprint density at radius 1 is 1.53 bits per heavy atom. The SMILES string of the molecule is CC(NS(=O)(=O)c1cc(Br)cnc1Cl)c1ccco1. The van der Waals surface area contributed by atoms with Gasteiger partial charge in [-0.15, -0.1) is 0 Å². The maximum absolute atomic E-state index is 12.2. The van der Waals surface area contributed by atoms with Gasteiger partial charge in [0.15, 0.2) is 0 Å². The molecule has 1 N–H and O–H groups in total.